The smallest absolute Gasteiger partial charge is 0.270 e. The van der Waals surface area contributed by atoms with Crippen LogP contribution in [0.15, 0.2) is 29.2 Å². The summed E-state index contributed by atoms with van der Waals surface area (Å²) in [6.45, 7) is 8.14. The second-order valence-electron chi connectivity index (χ2n) is 10.6. The van der Waals surface area contributed by atoms with E-state index in [0.29, 0.717) is 12.8 Å². The van der Waals surface area contributed by atoms with Gasteiger partial charge in [-0.15, -0.1) is 0 Å². The maximum Gasteiger partial charge on any atom is 0.270 e. The Hall–Kier alpha value is -2.00. The Morgan fingerprint density at radius 3 is 2.48 bits per heavy atom. The Morgan fingerprint density at radius 2 is 1.84 bits per heavy atom. The van der Waals surface area contributed by atoms with Crippen LogP contribution < -0.4 is 0 Å². The van der Waals surface area contributed by atoms with Gasteiger partial charge in [-0.2, -0.15) is 4.31 Å². The first-order chi connectivity index (χ1) is 14.4. The van der Waals surface area contributed by atoms with E-state index >= 15 is 0 Å². The summed E-state index contributed by atoms with van der Waals surface area (Å²) in [5.41, 5.74) is 0.166. The van der Waals surface area contributed by atoms with Crippen LogP contribution >= 0.6 is 0 Å². The lowest BCUT2D eigenvalue weighted by atomic mass is 9.65. The highest BCUT2D eigenvalue weighted by Gasteiger charge is 2.51. The molecule has 170 valence electrons. The molecule has 0 aromatic heterocycles. The Balaban J connectivity index is 1.43. The molecule has 1 aliphatic carbocycles. The number of carbonyl (C=O) groups excluding carboxylic acids is 1. The van der Waals surface area contributed by atoms with Gasteiger partial charge in [0.1, 0.15) is 0 Å². The summed E-state index contributed by atoms with van der Waals surface area (Å²) >= 11 is 0. The van der Waals surface area contributed by atoms with Crippen molar-refractivity contribution < 1.29 is 18.1 Å². The molecule has 9 heteroatoms. The van der Waals surface area contributed by atoms with E-state index < -0.39 is 14.9 Å². The largest absolute Gasteiger partial charge is 0.339 e. The van der Waals surface area contributed by atoms with E-state index in [-0.39, 0.29) is 52.4 Å². The first kappa shape index (κ1) is 22.2. The molecule has 0 N–H and O–H groups in total. The number of fused-ring (bicyclic) bond motifs is 2. The van der Waals surface area contributed by atoms with Gasteiger partial charge in [-0.1, -0.05) is 26.8 Å². The predicted molar refractivity (Wildman–Crippen MR) is 116 cm³/mol. The van der Waals surface area contributed by atoms with Crippen LogP contribution in [0, 0.1) is 26.9 Å². The number of benzene rings is 1. The first-order valence-electron chi connectivity index (χ1n) is 11.0. The summed E-state index contributed by atoms with van der Waals surface area (Å²) in [6, 6.07) is 5.42. The molecule has 8 nitrogen and oxygen atoms in total. The average molecular weight is 450 g/mol. The number of nitro benzene ring substituents is 1. The maximum atomic E-state index is 13.3. The van der Waals surface area contributed by atoms with Gasteiger partial charge in [-0.3, -0.25) is 14.9 Å². The summed E-state index contributed by atoms with van der Waals surface area (Å²) < 4.78 is 27.3. The highest BCUT2D eigenvalue weighted by Crippen LogP contribution is 2.52. The molecule has 2 saturated heterocycles. The zero-order chi connectivity index (χ0) is 22.6. The first-order valence-corrected chi connectivity index (χ1v) is 12.4. The molecule has 2 atom stereocenters. The van der Waals surface area contributed by atoms with Gasteiger partial charge in [0, 0.05) is 43.7 Å². The molecule has 2 aliphatic heterocycles. The Bertz CT molecular complexity index is 1000. The molecule has 1 aromatic carbocycles. The fourth-order valence-electron chi connectivity index (χ4n) is 6.20. The van der Waals surface area contributed by atoms with E-state index in [1.165, 1.54) is 22.5 Å². The van der Waals surface area contributed by atoms with Gasteiger partial charge in [0.2, 0.25) is 15.9 Å². The van der Waals surface area contributed by atoms with E-state index in [1.54, 1.807) is 0 Å². The minimum atomic E-state index is -3.82. The molecule has 3 aliphatic rings. The molecular formula is C22H31N3O5S. The van der Waals surface area contributed by atoms with Crippen LogP contribution in [0.1, 0.15) is 52.9 Å². The Morgan fingerprint density at radius 1 is 1.16 bits per heavy atom. The number of hydrogen-bond acceptors (Lipinski definition) is 5. The number of non-ortho nitro benzene ring substituents is 1. The quantitative estimate of drug-likeness (QED) is 0.518. The van der Waals surface area contributed by atoms with E-state index in [0.717, 1.165) is 31.9 Å². The lowest BCUT2D eigenvalue weighted by Crippen LogP contribution is -2.46. The van der Waals surface area contributed by atoms with Gasteiger partial charge in [0.25, 0.3) is 5.69 Å². The summed E-state index contributed by atoms with van der Waals surface area (Å²) in [5.74, 6) is 0.00134. The molecular weight excluding hydrogens is 418 g/mol. The molecule has 3 fully saturated rings. The summed E-state index contributed by atoms with van der Waals surface area (Å²) in [7, 11) is -3.82. The maximum absolute atomic E-state index is 13.3. The molecule has 31 heavy (non-hydrogen) atoms. The van der Waals surface area contributed by atoms with Crippen molar-refractivity contribution in [3.63, 3.8) is 0 Å². The predicted octanol–water partition coefficient (Wildman–Crippen LogP) is 3.42. The second-order valence-corrected chi connectivity index (χ2v) is 12.6. The summed E-state index contributed by atoms with van der Waals surface area (Å²) in [5, 5.41) is 11.0. The number of amides is 1. The molecule has 0 radical (unpaired) electrons. The second kappa shape index (κ2) is 7.55. The van der Waals surface area contributed by atoms with Crippen LogP contribution in [0.2, 0.25) is 0 Å². The molecule has 1 saturated carbocycles. The van der Waals surface area contributed by atoms with Crippen molar-refractivity contribution >= 4 is 21.6 Å². The number of rotatable bonds is 4. The van der Waals surface area contributed by atoms with Gasteiger partial charge in [-0.25, -0.2) is 8.42 Å². The molecule has 4 rings (SSSR count). The van der Waals surface area contributed by atoms with E-state index in [1.807, 2.05) is 0 Å². The van der Waals surface area contributed by atoms with Crippen LogP contribution in [0.3, 0.4) is 0 Å². The van der Waals surface area contributed by atoms with E-state index in [2.05, 4.69) is 25.7 Å². The fourth-order valence-corrected chi connectivity index (χ4v) is 7.71. The zero-order valence-electron chi connectivity index (χ0n) is 18.4. The third-order valence-corrected chi connectivity index (χ3v) is 9.06. The molecule has 1 aromatic rings. The van der Waals surface area contributed by atoms with Crippen molar-refractivity contribution in [1.29, 1.82) is 0 Å². The van der Waals surface area contributed by atoms with Crippen LogP contribution in [-0.2, 0) is 14.8 Å². The van der Waals surface area contributed by atoms with Crippen LogP contribution in [0.25, 0.3) is 0 Å². The van der Waals surface area contributed by atoms with Crippen molar-refractivity contribution in [2.24, 2.45) is 16.7 Å². The standard InChI is InChI=1S/C22H31N3O5S/c1-21(2)12-18-13-22(3,14-21)15-24(18)20(26)16-7-9-23(10-8-16)31(29,30)19-6-4-5-17(11-19)25(27)28/h4-6,11,16,18H,7-10,12-15H2,1-3H3/t18-,22+/m1/s1. The molecule has 1 amide bonds. The zero-order valence-corrected chi connectivity index (χ0v) is 19.2. The van der Waals surface area contributed by atoms with Crippen molar-refractivity contribution in [1.82, 2.24) is 9.21 Å². The number of carbonyl (C=O) groups is 1. The number of piperidine rings is 1. The number of likely N-dealkylation sites (tertiary alicyclic amines) is 1. The Kier molecular flexibility index (Phi) is 5.41. The summed E-state index contributed by atoms with van der Waals surface area (Å²) in [4.78, 5) is 25.7. The van der Waals surface area contributed by atoms with Gasteiger partial charge in [0.15, 0.2) is 0 Å². The number of nitro groups is 1. The van der Waals surface area contributed by atoms with Gasteiger partial charge >= 0.3 is 0 Å². The van der Waals surface area contributed by atoms with Crippen molar-refractivity contribution in [3.05, 3.63) is 34.4 Å². The number of sulfonamides is 1. The van der Waals surface area contributed by atoms with Crippen molar-refractivity contribution in [2.75, 3.05) is 19.6 Å². The number of hydrogen-bond donors (Lipinski definition) is 0. The molecule has 2 bridgehead atoms. The lowest BCUT2D eigenvalue weighted by Gasteiger charge is -2.40. The molecule has 0 spiro atoms. The van der Waals surface area contributed by atoms with Crippen molar-refractivity contribution in [2.45, 2.75) is 63.8 Å². The fraction of sp³-hybridized carbons (Fsp3) is 0.682. The minimum absolute atomic E-state index is 0.0741. The SMILES string of the molecule is CC1(C)C[C@@H]2C[C@](C)(CN2C(=O)C2CCN(S(=O)(=O)c3cccc([N+](=O)[O-])c3)CC2)C1. The Labute approximate surface area is 183 Å². The lowest BCUT2D eigenvalue weighted by molar-refractivity contribution is -0.385. The topological polar surface area (TPSA) is 101 Å². The molecule has 0 unspecified atom stereocenters. The van der Waals surface area contributed by atoms with Crippen LogP contribution in [-0.4, -0.2) is 54.1 Å². The van der Waals surface area contributed by atoms with Gasteiger partial charge < -0.3 is 4.90 Å². The highest BCUT2D eigenvalue weighted by atomic mass is 32.2. The van der Waals surface area contributed by atoms with Crippen molar-refractivity contribution in [3.8, 4) is 0 Å². The normalized spacial score (nSPS) is 29.1. The van der Waals surface area contributed by atoms with Gasteiger partial charge in [0.05, 0.1) is 9.82 Å². The number of nitrogens with zero attached hydrogens (tertiary/aromatic N) is 3. The monoisotopic (exact) mass is 449 g/mol. The average Bonchev–Trinajstić information content (AvgIpc) is 2.96. The van der Waals surface area contributed by atoms with Gasteiger partial charge in [-0.05, 0) is 49.0 Å². The van der Waals surface area contributed by atoms with Crippen LogP contribution in [0.5, 0.6) is 0 Å². The van der Waals surface area contributed by atoms with Crippen LogP contribution in [0.4, 0.5) is 5.69 Å². The third kappa shape index (κ3) is 4.22. The molecule has 2 heterocycles. The van der Waals surface area contributed by atoms with E-state index in [4.69, 9.17) is 0 Å². The minimum Gasteiger partial charge on any atom is -0.339 e. The highest BCUT2D eigenvalue weighted by molar-refractivity contribution is 7.89. The van der Waals surface area contributed by atoms with E-state index in [9.17, 15) is 23.3 Å². The summed E-state index contributed by atoms with van der Waals surface area (Å²) in [6.07, 6.45) is 4.17. The third-order valence-electron chi connectivity index (χ3n) is 7.17.